The number of nitrogens with zero attached hydrogens (tertiary/aromatic N) is 6. The number of hydrogen-bond acceptors (Lipinski definition) is 9. The lowest BCUT2D eigenvalue weighted by Gasteiger charge is -2.34. The number of aromatic nitrogens is 3. The largest absolute Gasteiger partial charge is 0.416 e. The van der Waals surface area contributed by atoms with Gasteiger partial charge in [-0.3, -0.25) is 20.3 Å². The van der Waals surface area contributed by atoms with Gasteiger partial charge in [-0.1, -0.05) is 18.2 Å². The van der Waals surface area contributed by atoms with Crippen molar-refractivity contribution in [1.82, 2.24) is 20.1 Å². The summed E-state index contributed by atoms with van der Waals surface area (Å²) in [5.74, 6) is -0.787. The van der Waals surface area contributed by atoms with Gasteiger partial charge in [-0.15, -0.1) is 5.10 Å². The van der Waals surface area contributed by atoms with E-state index in [2.05, 4.69) is 26.8 Å². The normalized spacial score (nSPS) is 16.0. The Balaban J connectivity index is 1.76. The number of fused-ring (bicyclic) bond motifs is 1. The monoisotopic (exact) mass is 580 g/mol. The second-order valence-corrected chi connectivity index (χ2v) is 10.3. The van der Waals surface area contributed by atoms with Crippen molar-refractivity contribution in [2.45, 2.75) is 51.9 Å². The quantitative estimate of drug-likeness (QED) is 0.347. The fraction of sp³-hybridized carbons (Fsp3) is 0.321. The van der Waals surface area contributed by atoms with E-state index < -0.39 is 35.7 Å². The number of hydrogen-bond donors (Lipinski definition) is 3. The summed E-state index contributed by atoms with van der Waals surface area (Å²) in [6, 6.07) is 14.2. The Morgan fingerprint density at radius 2 is 1.83 bits per heavy atom. The van der Waals surface area contributed by atoms with E-state index in [9.17, 15) is 33.6 Å². The van der Waals surface area contributed by atoms with Crippen LogP contribution in [0.15, 0.2) is 59.8 Å². The second kappa shape index (κ2) is 11.6. The molecule has 0 saturated carbocycles. The van der Waals surface area contributed by atoms with Crippen molar-refractivity contribution in [3.63, 3.8) is 0 Å². The molecule has 4 rings (SSSR count). The lowest BCUT2D eigenvalue weighted by Crippen LogP contribution is -2.41. The number of anilines is 3. The lowest BCUT2D eigenvalue weighted by atomic mass is 9.95. The molecule has 1 aliphatic rings. The van der Waals surface area contributed by atoms with Gasteiger partial charge in [0.1, 0.15) is 6.04 Å². The zero-order valence-electron chi connectivity index (χ0n) is 23.1. The molecule has 14 heteroatoms. The molecule has 1 aliphatic heterocycles. The van der Waals surface area contributed by atoms with Gasteiger partial charge in [-0.2, -0.15) is 28.7 Å². The molecule has 2 aromatic carbocycles. The number of nitriles is 2. The van der Waals surface area contributed by atoms with E-state index in [0.717, 1.165) is 12.1 Å². The van der Waals surface area contributed by atoms with E-state index in [-0.39, 0.29) is 29.7 Å². The third-order valence-electron chi connectivity index (χ3n) is 6.12. The zero-order chi connectivity index (χ0) is 30.8. The summed E-state index contributed by atoms with van der Waals surface area (Å²) in [4.78, 5) is 18.4. The lowest BCUT2D eigenvalue weighted by molar-refractivity contribution is -0.181. The van der Waals surface area contributed by atoms with Crippen LogP contribution in [0.5, 0.6) is 0 Å². The molecule has 0 spiro atoms. The van der Waals surface area contributed by atoms with Gasteiger partial charge in [0.05, 0.1) is 41.0 Å². The first-order chi connectivity index (χ1) is 19.7. The van der Waals surface area contributed by atoms with Gasteiger partial charge < -0.3 is 9.84 Å². The Labute approximate surface area is 239 Å². The summed E-state index contributed by atoms with van der Waals surface area (Å²) in [5.41, 5.74) is -0.0990. The number of halogens is 3. The van der Waals surface area contributed by atoms with Crippen LogP contribution in [0.2, 0.25) is 0 Å². The van der Waals surface area contributed by atoms with E-state index in [4.69, 9.17) is 4.74 Å². The molecule has 2 heterocycles. The van der Waals surface area contributed by atoms with Crippen LogP contribution in [0.1, 0.15) is 50.4 Å². The van der Waals surface area contributed by atoms with Crippen molar-refractivity contribution in [2.75, 3.05) is 16.8 Å². The molecule has 1 amide bonds. The van der Waals surface area contributed by atoms with Gasteiger partial charge in [0.25, 0.3) is 5.95 Å². The molecule has 3 N–H and O–H groups in total. The van der Waals surface area contributed by atoms with E-state index in [1.165, 1.54) is 21.7 Å². The first-order valence-electron chi connectivity index (χ1n) is 12.7. The van der Waals surface area contributed by atoms with Crippen LogP contribution in [-0.4, -0.2) is 44.3 Å². The Kier molecular flexibility index (Phi) is 8.35. The van der Waals surface area contributed by atoms with Crippen LogP contribution < -0.4 is 15.5 Å². The summed E-state index contributed by atoms with van der Waals surface area (Å²) in [6.45, 7) is 6.38. The van der Waals surface area contributed by atoms with Crippen LogP contribution in [0.4, 0.5) is 30.8 Å². The summed E-state index contributed by atoms with van der Waals surface area (Å²) < 4.78 is 47.3. The summed E-state index contributed by atoms with van der Waals surface area (Å²) >= 11 is 0. The number of carbonyl (C=O) groups excluding carboxylic acids is 1. The molecule has 0 aliphatic carbocycles. The van der Waals surface area contributed by atoms with E-state index >= 15 is 0 Å². The third kappa shape index (κ3) is 6.58. The zero-order valence-corrected chi connectivity index (χ0v) is 23.1. The summed E-state index contributed by atoms with van der Waals surface area (Å²) in [7, 11) is 0. The molecule has 42 heavy (non-hydrogen) atoms. The predicted octanol–water partition coefficient (Wildman–Crippen LogP) is 4.33. The fourth-order valence-corrected chi connectivity index (χ4v) is 4.33. The van der Waals surface area contributed by atoms with Crippen LogP contribution in [0.3, 0.4) is 0 Å². The Hall–Kier alpha value is -4.76. The molecule has 0 fully saturated rings. The van der Waals surface area contributed by atoms with Crippen molar-refractivity contribution in [3.05, 3.63) is 76.5 Å². The van der Waals surface area contributed by atoms with Gasteiger partial charge in [-0.25, -0.2) is 4.68 Å². The molecule has 2 unspecified atom stereocenters. The van der Waals surface area contributed by atoms with Gasteiger partial charge >= 0.3 is 6.18 Å². The molecule has 3 aromatic rings. The third-order valence-corrected chi connectivity index (χ3v) is 6.12. The van der Waals surface area contributed by atoms with Gasteiger partial charge in [0, 0.05) is 11.4 Å². The second-order valence-electron chi connectivity index (χ2n) is 10.3. The van der Waals surface area contributed by atoms with Crippen molar-refractivity contribution >= 4 is 23.5 Å². The number of carbonyl (C=O) groups is 1. The average Bonchev–Trinajstić information content (AvgIpc) is 3.32. The van der Waals surface area contributed by atoms with E-state index in [1.807, 2.05) is 6.07 Å². The summed E-state index contributed by atoms with van der Waals surface area (Å²) in [5, 5.41) is 38.8. The number of benzene rings is 2. The maximum absolute atomic E-state index is 13.6. The summed E-state index contributed by atoms with van der Waals surface area (Å²) in [6.07, 6.45) is -6.05. The number of aliphatic hydroxyl groups is 1. The van der Waals surface area contributed by atoms with Gasteiger partial charge in [0.2, 0.25) is 18.3 Å². The highest BCUT2D eigenvalue weighted by Gasteiger charge is 2.37. The smallest absolute Gasteiger partial charge is 0.356 e. The molecular formula is C28H27F3N8O3. The fourth-order valence-electron chi connectivity index (χ4n) is 4.33. The highest BCUT2D eigenvalue weighted by Crippen LogP contribution is 2.43. The van der Waals surface area contributed by atoms with Crippen molar-refractivity contribution in [1.29, 1.82) is 10.5 Å². The highest BCUT2D eigenvalue weighted by molar-refractivity contribution is 5.90. The molecule has 0 radical (unpaired) electrons. The SMILES string of the molecule is CC1=C(C#N)C(c2ccc(C#N)cc2)n2nc(NC(=O)CNC(O)OC(C)(C)C)nc2N1c1cccc(C(F)(F)F)c1. The number of aliphatic hydroxyl groups excluding tert-OH is 1. The number of amides is 1. The van der Waals surface area contributed by atoms with E-state index in [1.54, 1.807) is 52.0 Å². The van der Waals surface area contributed by atoms with Crippen LogP contribution in [0.25, 0.3) is 0 Å². The topological polar surface area (TPSA) is 152 Å². The van der Waals surface area contributed by atoms with E-state index in [0.29, 0.717) is 16.8 Å². The van der Waals surface area contributed by atoms with Crippen molar-refractivity contribution in [2.24, 2.45) is 0 Å². The first kappa shape index (κ1) is 30.2. The molecule has 0 saturated heterocycles. The minimum Gasteiger partial charge on any atom is -0.356 e. The Bertz CT molecular complexity index is 1590. The Morgan fingerprint density at radius 1 is 1.14 bits per heavy atom. The molecule has 11 nitrogen and oxygen atoms in total. The van der Waals surface area contributed by atoms with Gasteiger partial charge in [-0.05, 0) is 63.6 Å². The van der Waals surface area contributed by atoms with Crippen LogP contribution >= 0.6 is 0 Å². The number of rotatable bonds is 7. The minimum atomic E-state index is -4.62. The van der Waals surface area contributed by atoms with Crippen LogP contribution in [-0.2, 0) is 15.7 Å². The Morgan fingerprint density at radius 3 is 2.43 bits per heavy atom. The predicted molar refractivity (Wildman–Crippen MR) is 145 cm³/mol. The number of ether oxygens (including phenoxy) is 1. The molecule has 0 bridgehead atoms. The standard InChI is InChI=1S/C28H27F3N8O3/c1-16-21(14-33)23(18-10-8-17(13-32)9-11-18)39-25(38(16)20-7-5-6-19(12-20)28(29,30)31)36-24(37-39)35-22(40)15-34-26(41)42-27(2,3)4/h5-12,23,26,34,41H,15H2,1-4H3,(H,35,37,40). The highest BCUT2D eigenvalue weighted by atomic mass is 19.4. The molecule has 218 valence electrons. The minimum absolute atomic E-state index is 0.0412. The maximum atomic E-state index is 13.6. The maximum Gasteiger partial charge on any atom is 0.416 e. The van der Waals surface area contributed by atoms with Gasteiger partial charge in [0.15, 0.2) is 0 Å². The molecule has 1 aromatic heterocycles. The average molecular weight is 581 g/mol. The van der Waals surface area contributed by atoms with Crippen molar-refractivity contribution in [3.8, 4) is 12.1 Å². The number of nitrogens with one attached hydrogen (secondary N) is 2. The molecule has 2 atom stereocenters. The number of allylic oxidation sites excluding steroid dienone is 2. The molecular weight excluding hydrogens is 553 g/mol. The number of alkyl halides is 3. The van der Waals surface area contributed by atoms with Crippen LogP contribution in [0, 0.1) is 22.7 Å². The van der Waals surface area contributed by atoms with Crippen molar-refractivity contribution < 1.29 is 27.8 Å². The first-order valence-corrected chi connectivity index (χ1v) is 12.7.